The van der Waals surface area contributed by atoms with E-state index >= 15 is 0 Å². The van der Waals surface area contributed by atoms with Crippen LogP contribution >= 0.6 is 11.6 Å². The largest absolute Gasteiger partial charge is 0.444 e. The molecule has 1 heterocycles. The Kier molecular flexibility index (Phi) is 3.55. The molecule has 6 nitrogen and oxygen atoms in total. The normalized spacial score (nSPS) is 29.4. The number of halogens is 1. The van der Waals surface area contributed by atoms with Crippen LogP contribution in [0.5, 0.6) is 0 Å². The van der Waals surface area contributed by atoms with Gasteiger partial charge in [-0.15, -0.1) is 0 Å². The van der Waals surface area contributed by atoms with Gasteiger partial charge < -0.3 is 9.64 Å². The molecule has 0 aromatic rings. The molecule has 0 aromatic heterocycles. The van der Waals surface area contributed by atoms with Crippen molar-refractivity contribution in [1.82, 2.24) is 4.90 Å². The zero-order valence-corrected chi connectivity index (χ0v) is 13.6. The highest BCUT2D eigenvalue weighted by Crippen LogP contribution is 2.68. The van der Waals surface area contributed by atoms with Gasteiger partial charge in [-0.05, 0) is 40.0 Å². The van der Waals surface area contributed by atoms with E-state index in [-0.39, 0.29) is 6.09 Å². The first-order valence-corrected chi connectivity index (χ1v) is 8.52. The molecule has 1 spiro atoms. The molecule has 20 heavy (non-hydrogen) atoms. The first-order chi connectivity index (χ1) is 8.90. The molecule has 1 aliphatic carbocycles. The maximum atomic E-state index is 11.9. The first-order valence-electron chi connectivity index (χ1n) is 6.59. The summed E-state index contributed by atoms with van der Waals surface area (Å²) in [5.41, 5.74) is -1.02. The molecule has 1 saturated heterocycles. The molecule has 2 aliphatic rings. The Morgan fingerprint density at radius 3 is 2.15 bits per heavy atom. The zero-order valence-electron chi connectivity index (χ0n) is 12.0. The molecule has 1 aliphatic heterocycles. The average Bonchev–Trinajstić information content (AvgIpc) is 2.82. The fraction of sp³-hybridized carbons (Fsp3) is 0.917. The fourth-order valence-electron chi connectivity index (χ4n) is 2.79. The van der Waals surface area contributed by atoms with E-state index in [0.717, 1.165) is 0 Å². The van der Waals surface area contributed by atoms with Gasteiger partial charge in [-0.1, -0.05) is 11.6 Å². The summed E-state index contributed by atoms with van der Waals surface area (Å²) in [4.78, 5) is 13.5. The quantitative estimate of drug-likeness (QED) is 0.742. The summed E-state index contributed by atoms with van der Waals surface area (Å²) in [7, 11) is -3.77. The third-order valence-electron chi connectivity index (χ3n) is 4.06. The Hall–Kier alpha value is -0.530. The van der Waals surface area contributed by atoms with Crippen LogP contribution in [0.3, 0.4) is 0 Å². The third-order valence-corrected chi connectivity index (χ3v) is 6.71. The van der Waals surface area contributed by atoms with E-state index in [9.17, 15) is 13.2 Å². The highest BCUT2D eigenvalue weighted by Gasteiger charge is 2.73. The van der Waals surface area contributed by atoms with E-state index in [2.05, 4.69) is 0 Å². The highest BCUT2D eigenvalue weighted by molar-refractivity contribution is 7.92. The molecule has 2 N–H and O–H groups in total. The van der Waals surface area contributed by atoms with E-state index in [0.29, 0.717) is 32.4 Å². The van der Waals surface area contributed by atoms with Crippen molar-refractivity contribution in [3.8, 4) is 0 Å². The molecule has 1 amide bonds. The summed E-state index contributed by atoms with van der Waals surface area (Å²) in [6.45, 7) is 6.31. The summed E-state index contributed by atoms with van der Waals surface area (Å²) in [5.74, 6) is 0. The number of amides is 1. The molecule has 1 saturated carbocycles. The van der Waals surface area contributed by atoms with Crippen molar-refractivity contribution in [3.63, 3.8) is 0 Å². The molecule has 0 bridgehead atoms. The van der Waals surface area contributed by atoms with Gasteiger partial charge in [-0.3, -0.25) is 0 Å². The zero-order chi connectivity index (χ0) is 15.4. The Morgan fingerprint density at radius 2 is 1.80 bits per heavy atom. The van der Waals surface area contributed by atoms with E-state index < -0.39 is 25.2 Å². The van der Waals surface area contributed by atoms with Crippen LogP contribution in [-0.2, 0) is 14.8 Å². The van der Waals surface area contributed by atoms with Crippen LogP contribution in [0, 0.1) is 5.41 Å². The lowest BCUT2D eigenvalue weighted by molar-refractivity contribution is 0.0172. The summed E-state index contributed by atoms with van der Waals surface area (Å²) < 4.78 is 27.0. The van der Waals surface area contributed by atoms with Crippen molar-refractivity contribution < 1.29 is 17.9 Å². The van der Waals surface area contributed by atoms with Crippen molar-refractivity contribution in [2.75, 3.05) is 13.1 Å². The van der Waals surface area contributed by atoms with E-state index in [1.54, 1.807) is 4.90 Å². The van der Waals surface area contributed by atoms with E-state index in [4.69, 9.17) is 21.5 Å². The SMILES string of the molecule is CC(C)(C)OC(=O)N1CCC2(CC1)CC2(Cl)S(N)(=O)=O. The van der Waals surface area contributed by atoms with E-state index in [1.165, 1.54) is 0 Å². The Morgan fingerprint density at radius 1 is 1.30 bits per heavy atom. The maximum Gasteiger partial charge on any atom is 0.410 e. The van der Waals surface area contributed by atoms with Crippen molar-refractivity contribution in [2.24, 2.45) is 10.6 Å². The lowest BCUT2D eigenvalue weighted by Crippen LogP contribution is -2.44. The number of carbonyl (C=O) groups excluding carboxylic acids is 1. The predicted molar refractivity (Wildman–Crippen MR) is 75.8 cm³/mol. The second-order valence-corrected chi connectivity index (χ2v) is 9.35. The minimum Gasteiger partial charge on any atom is -0.444 e. The van der Waals surface area contributed by atoms with Crippen molar-refractivity contribution in [1.29, 1.82) is 0 Å². The van der Waals surface area contributed by atoms with Gasteiger partial charge in [0.05, 0.1) is 0 Å². The second kappa shape index (κ2) is 4.48. The maximum absolute atomic E-state index is 11.9. The summed E-state index contributed by atoms with van der Waals surface area (Å²) in [6.07, 6.45) is 1.06. The molecule has 2 rings (SSSR count). The predicted octanol–water partition coefficient (Wildman–Crippen LogP) is 1.63. The van der Waals surface area contributed by atoms with Crippen molar-refractivity contribution in [3.05, 3.63) is 0 Å². The van der Waals surface area contributed by atoms with Gasteiger partial charge in [-0.2, -0.15) is 0 Å². The van der Waals surface area contributed by atoms with Crippen LogP contribution in [0.2, 0.25) is 0 Å². The fourth-order valence-corrected chi connectivity index (χ4v) is 4.52. The molecule has 2 fully saturated rings. The Labute approximate surface area is 124 Å². The first kappa shape index (κ1) is 15.9. The topological polar surface area (TPSA) is 89.7 Å². The number of carbonyl (C=O) groups is 1. The monoisotopic (exact) mass is 324 g/mol. The lowest BCUT2D eigenvalue weighted by atomic mass is 9.94. The number of nitrogens with zero attached hydrogens (tertiary/aromatic N) is 1. The van der Waals surface area contributed by atoms with Crippen LogP contribution in [0.15, 0.2) is 0 Å². The number of sulfonamides is 1. The minimum absolute atomic E-state index is 0.364. The lowest BCUT2D eigenvalue weighted by Gasteiger charge is -2.34. The van der Waals surface area contributed by atoms with Crippen LogP contribution < -0.4 is 5.14 Å². The molecular formula is C12H21ClN2O4S. The number of hydrogen-bond acceptors (Lipinski definition) is 4. The summed E-state index contributed by atoms with van der Waals surface area (Å²) in [6, 6.07) is 0. The summed E-state index contributed by atoms with van der Waals surface area (Å²) >= 11 is 6.14. The van der Waals surface area contributed by atoms with Crippen LogP contribution in [0.4, 0.5) is 4.79 Å². The van der Waals surface area contributed by atoms with Crippen molar-refractivity contribution in [2.45, 2.75) is 49.8 Å². The number of nitrogens with two attached hydrogens (primary N) is 1. The highest BCUT2D eigenvalue weighted by atomic mass is 35.5. The Bertz CT molecular complexity index is 520. The number of likely N-dealkylation sites (tertiary alicyclic amines) is 1. The van der Waals surface area contributed by atoms with Crippen LogP contribution in [-0.4, -0.2) is 42.3 Å². The van der Waals surface area contributed by atoms with Gasteiger partial charge in [0.1, 0.15) is 5.60 Å². The minimum atomic E-state index is -3.77. The molecule has 116 valence electrons. The van der Waals surface area contributed by atoms with Gasteiger partial charge >= 0.3 is 6.09 Å². The average molecular weight is 325 g/mol. The number of hydrogen-bond donors (Lipinski definition) is 1. The van der Waals surface area contributed by atoms with Gasteiger partial charge in [0.2, 0.25) is 10.0 Å². The second-order valence-electron chi connectivity index (χ2n) is 6.70. The standard InChI is InChI=1S/C12H21ClN2O4S/c1-10(2,3)19-9(16)15-6-4-11(5-7-15)8-12(11,13)20(14,17)18/h4-8H2,1-3H3,(H2,14,17,18). The van der Waals surface area contributed by atoms with Crippen LogP contribution in [0.1, 0.15) is 40.0 Å². The number of primary sulfonamides is 1. The molecule has 1 atom stereocenters. The van der Waals surface area contributed by atoms with E-state index in [1.807, 2.05) is 20.8 Å². The molecule has 8 heteroatoms. The number of alkyl halides is 1. The Balaban J connectivity index is 1.97. The summed E-state index contributed by atoms with van der Waals surface area (Å²) in [5, 5.41) is 5.19. The molecule has 1 unspecified atom stereocenters. The van der Waals surface area contributed by atoms with Crippen molar-refractivity contribution >= 4 is 27.7 Å². The van der Waals surface area contributed by atoms with Crippen LogP contribution in [0.25, 0.3) is 0 Å². The number of piperidine rings is 1. The number of ether oxygens (including phenoxy) is 1. The smallest absolute Gasteiger partial charge is 0.410 e. The molecule has 0 radical (unpaired) electrons. The van der Waals surface area contributed by atoms with Gasteiger partial charge in [0.25, 0.3) is 0 Å². The molecule has 0 aromatic carbocycles. The van der Waals surface area contributed by atoms with Gasteiger partial charge in [0.15, 0.2) is 4.21 Å². The van der Waals surface area contributed by atoms with Gasteiger partial charge in [0, 0.05) is 18.5 Å². The third kappa shape index (κ3) is 2.63. The molecular weight excluding hydrogens is 304 g/mol. The number of rotatable bonds is 1. The van der Waals surface area contributed by atoms with Gasteiger partial charge in [-0.25, -0.2) is 18.4 Å².